The number of benzene rings is 1. The van der Waals surface area contributed by atoms with Gasteiger partial charge in [-0.3, -0.25) is 14.5 Å². The number of carbonyl (C=O) groups is 1. The van der Waals surface area contributed by atoms with E-state index in [2.05, 4.69) is 32.9 Å². The fourth-order valence-corrected chi connectivity index (χ4v) is 3.03. The molecular weight excluding hydrogens is 455 g/mol. The zero-order chi connectivity index (χ0) is 18.4. The number of aromatic nitrogens is 2. The third kappa shape index (κ3) is 5.69. The van der Waals surface area contributed by atoms with E-state index in [0.717, 1.165) is 42.3 Å². The van der Waals surface area contributed by atoms with Gasteiger partial charge in [-0.25, -0.2) is 0 Å². The van der Waals surface area contributed by atoms with Gasteiger partial charge in [0.1, 0.15) is 0 Å². The number of guanidine groups is 1. The largest absolute Gasteiger partial charge is 0.352 e. The minimum absolute atomic E-state index is 0. The molecule has 0 aliphatic carbocycles. The molecule has 1 amide bonds. The predicted molar refractivity (Wildman–Crippen MR) is 118 cm³/mol. The van der Waals surface area contributed by atoms with E-state index in [1.54, 1.807) is 13.2 Å². The topological polar surface area (TPSA) is 74.6 Å². The van der Waals surface area contributed by atoms with Crippen LogP contribution in [-0.4, -0.2) is 35.2 Å². The van der Waals surface area contributed by atoms with Gasteiger partial charge in [-0.1, -0.05) is 12.1 Å². The fourth-order valence-electron chi connectivity index (χ4n) is 3.03. The van der Waals surface area contributed by atoms with Gasteiger partial charge in [0.15, 0.2) is 5.96 Å². The molecule has 3 rings (SSSR count). The van der Waals surface area contributed by atoms with Crippen LogP contribution in [0, 0.1) is 0 Å². The van der Waals surface area contributed by atoms with Crippen molar-refractivity contribution in [2.75, 3.05) is 18.5 Å². The van der Waals surface area contributed by atoms with Crippen LogP contribution < -0.4 is 15.5 Å². The molecule has 1 aliphatic rings. The number of aliphatic imine (C=N–C) groups is 1. The first-order valence-electron chi connectivity index (χ1n) is 8.98. The summed E-state index contributed by atoms with van der Waals surface area (Å²) in [6, 6.07) is 10.1. The lowest BCUT2D eigenvalue weighted by Gasteiger charge is -2.26. The number of hydrogen-bond donors (Lipinski definition) is 2. The molecule has 7 nitrogen and oxygen atoms in total. The highest BCUT2D eigenvalue weighted by Crippen LogP contribution is 2.21. The Hall–Kier alpha value is -2.10. The molecule has 1 aromatic carbocycles. The third-order valence-corrected chi connectivity index (χ3v) is 4.61. The minimum Gasteiger partial charge on any atom is -0.352 e. The Morgan fingerprint density at radius 3 is 2.52 bits per heavy atom. The number of aryl methyl sites for hydroxylation is 1. The Kier molecular flexibility index (Phi) is 8.08. The van der Waals surface area contributed by atoms with Crippen molar-refractivity contribution in [3.63, 3.8) is 0 Å². The van der Waals surface area contributed by atoms with Gasteiger partial charge in [-0.15, -0.1) is 24.0 Å². The number of nitrogens with one attached hydrogen (secondary N) is 2. The Balaban J connectivity index is 0.00000261. The summed E-state index contributed by atoms with van der Waals surface area (Å²) >= 11 is 0. The summed E-state index contributed by atoms with van der Waals surface area (Å²) in [7, 11) is 3.67. The lowest BCUT2D eigenvalue weighted by atomic mass is 10.1. The van der Waals surface area contributed by atoms with Crippen molar-refractivity contribution >= 4 is 41.5 Å². The van der Waals surface area contributed by atoms with Gasteiger partial charge in [0.25, 0.3) is 0 Å². The van der Waals surface area contributed by atoms with Crippen LogP contribution in [0.4, 0.5) is 5.69 Å². The number of hydrogen-bond acceptors (Lipinski definition) is 3. The molecule has 1 aliphatic heterocycles. The van der Waals surface area contributed by atoms with E-state index in [4.69, 9.17) is 0 Å². The summed E-state index contributed by atoms with van der Waals surface area (Å²) in [5.74, 6) is 0.961. The summed E-state index contributed by atoms with van der Waals surface area (Å²) in [4.78, 5) is 18.1. The molecule has 8 heteroatoms. The molecule has 1 aromatic heterocycles. The predicted octanol–water partition coefficient (Wildman–Crippen LogP) is 2.42. The molecule has 0 atom stereocenters. The van der Waals surface area contributed by atoms with E-state index >= 15 is 0 Å². The Labute approximate surface area is 177 Å². The van der Waals surface area contributed by atoms with E-state index in [1.807, 2.05) is 34.8 Å². The average Bonchev–Trinajstić information content (AvgIpc) is 3.08. The summed E-state index contributed by atoms with van der Waals surface area (Å²) in [6.45, 7) is 2.15. The lowest BCUT2D eigenvalue weighted by molar-refractivity contribution is -0.119. The second kappa shape index (κ2) is 10.3. The summed E-state index contributed by atoms with van der Waals surface area (Å²) in [6.07, 6.45) is 4.51. The van der Waals surface area contributed by atoms with Crippen LogP contribution in [0.5, 0.6) is 0 Å². The minimum atomic E-state index is 0. The van der Waals surface area contributed by atoms with Gasteiger partial charge < -0.3 is 15.5 Å². The van der Waals surface area contributed by atoms with E-state index in [9.17, 15) is 4.79 Å². The third-order valence-electron chi connectivity index (χ3n) is 4.61. The standard InChI is InChI=1S/C19H26N6O.HI/c1-20-19(22-14-17-10-11-23-24(17)2)21-13-15-6-8-16(9-7-15)25-12-4-3-5-18(25)26;/h6-11H,3-5,12-14H2,1-2H3,(H2,20,21,22);1H. The number of piperidine rings is 1. The van der Waals surface area contributed by atoms with Crippen LogP contribution in [0.15, 0.2) is 41.5 Å². The van der Waals surface area contributed by atoms with E-state index in [0.29, 0.717) is 19.5 Å². The van der Waals surface area contributed by atoms with Crippen LogP contribution >= 0.6 is 24.0 Å². The SMILES string of the molecule is CN=C(NCc1ccc(N2CCCCC2=O)cc1)NCc1ccnn1C.I. The molecule has 1 fully saturated rings. The number of halogens is 1. The first-order valence-corrected chi connectivity index (χ1v) is 8.98. The van der Waals surface area contributed by atoms with Crippen LogP contribution in [0.25, 0.3) is 0 Å². The molecule has 0 spiro atoms. The maximum Gasteiger partial charge on any atom is 0.226 e. The van der Waals surface area contributed by atoms with E-state index in [1.165, 1.54) is 0 Å². The smallest absolute Gasteiger partial charge is 0.226 e. The quantitative estimate of drug-likeness (QED) is 0.390. The van der Waals surface area contributed by atoms with Gasteiger partial charge in [0.05, 0.1) is 12.2 Å². The second-order valence-corrected chi connectivity index (χ2v) is 6.39. The first kappa shape index (κ1) is 21.2. The van der Waals surface area contributed by atoms with Gasteiger partial charge in [-0.2, -0.15) is 5.10 Å². The molecule has 1 saturated heterocycles. The highest BCUT2D eigenvalue weighted by molar-refractivity contribution is 14.0. The highest BCUT2D eigenvalue weighted by atomic mass is 127. The molecular formula is C19H27IN6O. The molecule has 2 aromatic rings. The molecule has 146 valence electrons. The number of amides is 1. The molecule has 0 radical (unpaired) electrons. The number of anilines is 1. The maximum absolute atomic E-state index is 12.0. The van der Waals surface area contributed by atoms with Crippen molar-refractivity contribution < 1.29 is 4.79 Å². The summed E-state index contributed by atoms with van der Waals surface area (Å²) < 4.78 is 1.83. The zero-order valence-corrected chi connectivity index (χ0v) is 18.1. The number of nitrogens with zero attached hydrogens (tertiary/aromatic N) is 4. The van der Waals surface area contributed by atoms with Crippen LogP contribution in [0.2, 0.25) is 0 Å². The fraction of sp³-hybridized carbons (Fsp3) is 0.421. The Morgan fingerprint density at radius 2 is 1.89 bits per heavy atom. The second-order valence-electron chi connectivity index (χ2n) is 6.39. The molecule has 27 heavy (non-hydrogen) atoms. The van der Waals surface area contributed by atoms with Crippen LogP contribution in [0.3, 0.4) is 0 Å². The van der Waals surface area contributed by atoms with E-state index < -0.39 is 0 Å². The highest BCUT2D eigenvalue weighted by Gasteiger charge is 2.19. The normalized spacial score (nSPS) is 14.7. The van der Waals surface area contributed by atoms with Crippen molar-refractivity contribution in [3.8, 4) is 0 Å². The summed E-state index contributed by atoms with van der Waals surface area (Å²) in [5.41, 5.74) is 3.21. The average molecular weight is 482 g/mol. The van der Waals surface area contributed by atoms with Gasteiger partial charge in [0, 0.05) is 45.5 Å². The van der Waals surface area contributed by atoms with Crippen LogP contribution in [0.1, 0.15) is 30.5 Å². The van der Waals surface area contributed by atoms with Crippen molar-refractivity contribution in [3.05, 3.63) is 47.8 Å². The Bertz CT molecular complexity index is 771. The van der Waals surface area contributed by atoms with Gasteiger partial charge in [0.2, 0.25) is 5.91 Å². The van der Waals surface area contributed by atoms with E-state index in [-0.39, 0.29) is 29.9 Å². The molecule has 2 N–H and O–H groups in total. The summed E-state index contributed by atoms with van der Waals surface area (Å²) in [5, 5.41) is 10.7. The molecule has 0 bridgehead atoms. The van der Waals surface area contributed by atoms with Crippen LogP contribution in [-0.2, 0) is 24.9 Å². The van der Waals surface area contributed by atoms with Crippen molar-refractivity contribution in [2.45, 2.75) is 32.4 Å². The monoisotopic (exact) mass is 482 g/mol. The number of rotatable bonds is 5. The Morgan fingerprint density at radius 1 is 1.15 bits per heavy atom. The van der Waals surface area contributed by atoms with Crippen molar-refractivity contribution in [1.82, 2.24) is 20.4 Å². The zero-order valence-electron chi connectivity index (χ0n) is 15.8. The van der Waals surface area contributed by atoms with Gasteiger partial charge in [-0.05, 0) is 36.6 Å². The number of carbonyl (C=O) groups excluding carboxylic acids is 1. The van der Waals surface area contributed by atoms with Crippen molar-refractivity contribution in [2.24, 2.45) is 12.0 Å². The maximum atomic E-state index is 12.0. The molecule has 0 saturated carbocycles. The first-order chi connectivity index (χ1) is 12.7. The van der Waals surface area contributed by atoms with Gasteiger partial charge >= 0.3 is 0 Å². The lowest BCUT2D eigenvalue weighted by Crippen LogP contribution is -2.37. The molecule has 2 heterocycles. The van der Waals surface area contributed by atoms with Crippen molar-refractivity contribution in [1.29, 1.82) is 0 Å². The molecule has 0 unspecified atom stereocenters.